The fourth-order valence-corrected chi connectivity index (χ4v) is 2.26. The lowest BCUT2D eigenvalue weighted by Crippen LogP contribution is -1.82. The Kier molecular flexibility index (Phi) is 2.41. The fraction of sp³-hybridized carbons (Fsp3) is 0.0588. The summed E-state index contributed by atoms with van der Waals surface area (Å²) in [6.45, 7) is 2.14. The molecule has 0 amide bonds. The third-order valence-corrected chi connectivity index (χ3v) is 3.12. The lowest BCUT2D eigenvalue weighted by Gasteiger charge is -2.07. The molecule has 0 fully saturated rings. The molecule has 3 rings (SSSR count). The number of hydrogen-bond acceptors (Lipinski definition) is 0. The van der Waals surface area contributed by atoms with Crippen LogP contribution in [0.4, 0.5) is 0 Å². The standard InChI is InChI=1S/C17H14/c1-13-10-11-15-8-5-9-16(17(15)12-13)14-6-3-2-4-7-14/h2-12H,1H3. The Morgan fingerprint density at radius 3 is 2.35 bits per heavy atom. The Morgan fingerprint density at radius 1 is 0.706 bits per heavy atom. The fourth-order valence-electron chi connectivity index (χ4n) is 2.26. The van der Waals surface area contributed by atoms with Crippen molar-refractivity contribution in [3.05, 3.63) is 72.3 Å². The van der Waals surface area contributed by atoms with E-state index in [2.05, 4.69) is 73.7 Å². The van der Waals surface area contributed by atoms with Gasteiger partial charge in [-0.05, 0) is 28.8 Å². The van der Waals surface area contributed by atoms with E-state index in [9.17, 15) is 0 Å². The van der Waals surface area contributed by atoms with E-state index < -0.39 is 0 Å². The maximum Gasteiger partial charge on any atom is -0.0103 e. The quantitative estimate of drug-likeness (QED) is 0.549. The second-order valence-electron chi connectivity index (χ2n) is 4.40. The first-order valence-corrected chi connectivity index (χ1v) is 5.89. The molecule has 0 aliphatic carbocycles. The van der Waals surface area contributed by atoms with E-state index >= 15 is 0 Å². The Balaban J connectivity index is 2.33. The molecule has 0 radical (unpaired) electrons. The number of benzene rings is 3. The lowest BCUT2D eigenvalue weighted by molar-refractivity contribution is 1.50. The molecule has 0 aromatic heterocycles. The van der Waals surface area contributed by atoms with Crippen molar-refractivity contribution in [2.24, 2.45) is 0 Å². The van der Waals surface area contributed by atoms with Crippen LogP contribution in [0, 0.1) is 6.92 Å². The number of hydrogen-bond donors (Lipinski definition) is 0. The van der Waals surface area contributed by atoms with Crippen molar-refractivity contribution in [1.82, 2.24) is 0 Å². The Hall–Kier alpha value is -2.08. The monoisotopic (exact) mass is 218 g/mol. The minimum absolute atomic E-state index is 1.28. The van der Waals surface area contributed by atoms with Crippen molar-refractivity contribution >= 4 is 10.8 Å². The van der Waals surface area contributed by atoms with Crippen molar-refractivity contribution < 1.29 is 0 Å². The third-order valence-electron chi connectivity index (χ3n) is 3.12. The van der Waals surface area contributed by atoms with Crippen molar-refractivity contribution in [3.8, 4) is 11.1 Å². The van der Waals surface area contributed by atoms with Crippen LogP contribution in [0.2, 0.25) is 0 Å². The average Bonchev–Trinajstić information content (AvgIpc) is 2.39. The van der Waals surface area contributed by atoms with Gasteiger partial charge in [0.25, 0.3) is 0 Å². The van der Waals surface area contributed by atoms with Crippen LogP contribution in [-0.2, 0) is 0 Å². The van der Waals surface area contributed by atoms with Crippen molar-refractivity contribution in [1.29, 1.82) is 0 Å². The van der Waals surface area contributed by atoms with Crippen LogP contribution in [0.25, 0.3) is 21.9 Å². The predicted octanol–water partition coefficient (Wildman–Crippen LogP) is 4.82. The highest BCUT2D eigenvalue weighted by Gasteiger charge is 2.02. The molecule has 0 aliphatic rings. The molecule has 0 N–H and O–H groups in total. The molecule has 0 atom stereocenters. The molecule has 0 spiro atoms. The van der Waals surface area contributed by atoms with Crippen LogP contribution in [0.3, 0.4) is 0 Å². The van der Waals surface area contributed by atoms with E-state index in [1.807, 2.05) is 0 Å². The molecular formula is C17H14. The average molecular weight is 218 g/mol. The van der Waals surface area contributed by atoms with Gasteiger partial charge < -0.3 is 0 Å². The molecule has 0 heteroatoms. The first-order chi connectivity index (χ1) is 8.34. The molecule has 0 bridgehead atoms. The maximum atomic E-state index is 2.26. The Bertz CT molecular complexity index is 651. The van der Waals surface area contributed by atoms with Crippen LogP contribution in [-0.4, -0.2) is 0 Å². The van der Waals surface area contributed by atoms with E-state index in [1.165, 1.54) is 27.5 Å². The Morgan fingerprint density at radius 2 is 1.53 bits per heavy atom. The van der Waals surface area contributed by atoms with Gasteiger partial charge in [0, 0.05) is 0 Å². The minimum atomic E-state index is 1.28. The van der Waals surface area contributed by atoms with Crippen molar-refractivity contribution in [2.45, 2.75) is 6.92 Å². The van der Waals surface area contributed by atoms with Crippen LogP contribution in [0.5, 0.6) is 0 Å². The maximum absolute atomic E-state index is 2.26. The topological polar surface area (TPSA) is 0 Å². The van der Waals surface area contributed by atoms with E-state index in [0.717, 1.165) is 0 Å². The van der Waals surface area contributed by atoms with Gasteiger partial charge in [-0.25, -0.2) is 0 Å². The van der Waals surface area contributed by atoms with Crippen LogP contribution in [0.1, 0.15) is 5.56 Å². The number of fused-ring (bicyclic) bond motifs is 1. The summed E-state index contributed by atoms with van der Waals surface area (Å²) in [5.74, 6) is 0. The van der Waals surface area contributed by atoms with Gasteiger partial charge in [0.15, 0.2) is 0 Å². The van der Waals surface area contributed by atoms with Crippen LogP contribution in [0.15, 0.2) is 66.7 Å². The highest BCUT2D eigenvalue weighted by atomic mass is 14.1. The summed E-state index contributed by atoms with van der Waals surface area (Å²) < 4.78 is 0. The van der Waals surface area contributed by atoms with Gasteiger partial charge in [-0.1, -0.05) is 72.3 Å². The minimum Gasteiger partial charge on any atom is -0.0622 e. The summed E-state index contributed by atoms with van der Waals surface area (Å²) in [4.78, 5) is 0. The third kappa shape index (κ3) is 1.83. The summed E-state index contributed by atoms with van der Waals surface area (Å²) in [7, 11) is 0. The summed E-state index contributed by atoms with van der Waals surface area (Å²) >= 11 is 0. The van der Waals surface area contributed by atoms with Crippen molar-refractivity contribution in [2.75, 3.05) is 0 Å². The normalized spacial score (nSPS) is 10.6. The molecule has 0 saturated heterocycles. The summed E-state index contributed by atoms with van der Waals surface area (Å²) in [6, 6.07) is 23.7. The van der Waals surface area contributed by atoms with Gasteiger partial charge in [0.05, 0.1) is 0 Å². The van der Waals surface area contributed by atoms with Gasteiger partial charge in [-0.15, -0.1) is 0 Å². The van der Waals surface area contributed by atoms with E-state index in [4.69, 9.17) is 0 Å². The highest BCUT2D eigenvalue weighted by Crippen LogP contribution is 2.28. The molecule has 3 aromatic rings. The molecule has 3 aromatic carbocycles. The van der Waals surface area contributed by atoms with Gasteiger partial charge in [0.2, 0.25) is 0 Å². The summed E-state index contributed by atoms with van der Waals surface area (Å²) in [6.07, 6.45) is 0. The predicted molar refractivity (Wildman–Crippen MR) is 74.1 cm³/mol. The van der Waals surface area contributed by atoms with E-state index in [0.29, 0.717) is 0 Å². The van der Waals surface area contributed by atoms with Crippen LogP contribution >= 0.6 is 0 Å². The van der Waals surface area contributed by atoms with Gasteiger partial charge in [-0.3, -0.25) is 0 Å². The SMILES string of the molecule is Cc1ccc2cccc(-c3ccccc3)c2c1. The van der Waals surface area contributed by atoms with Crippen molar-refractivity contribution in [3.63, 3.8) is 0 Å². The van der Waals surface area contributed by atoms with Gasteiger partial charge in [0.1, 0.15) is 0 Å². The molecule has 0 aliphatic heterocycles. The van der Waals surface area contributed by atoms with E-state index in [-0.39, 0.29) is 0 Å². The summed E-state index contributed by atoms with van der Waals surface area (Å²) in [5, 5.41) is 2.63. The molecule has 0 nitrogen and oxygen atoms in total. The first-order valence-electron chi connectivity index (χ1n) is 5.89. The second kappa shape index (κ2) is 4.06. The van der Waals surface area contributed by atoms with Gasteiger partial charge in [-0.2, -0.15) is 0 Å². The molecule has 0 heterocycles. The highest BCUT2D eigenvalue weighted by molar-refractivity contribution is 5.96. The van der Waals surface area contributed by atoms with Gasteiger partial charge >= 0.3 is 0 Å². The van der Waals surface area contributed by atoms with E-state index in [1.54, 1.807) is 0 Å². The lowest BCUT2D eigenvalue weighted by atomic mass is 9.97. The smallest absolute Gasteiger partial charge is 0.0103 e. The first kappa shape index (κ1) is 10.1. The zero-order valence-corrected chi connectivity index (χ0v) is 9.85. The van der Waals surface area contributed by atoms with Crippen LogP contribution < -0.4 is 0 Å². The molecule has 0 unspecified atom stereocenters. The second-order valence-corrected chi connectivity index (χ2v) is 4.40. The molecule has 82 valence electrons. The number of aryl methyl sites for hydroxylation is 1. The largest absolute Gasteiger partial charge is 0.0622 e. The molecular weight excluding hydrogens is 204 g/mol. The molecule has 17 heavy (non-hydrogen) atoms. The Labute approximate surface area is 102 Å². The number of rotatable bonds is 1. The summed E-state index contributed by atoms with van der Waals surface area (Å²) in [5.41, 5.74) is 3.90. The zero-order chi connectivity index (χ0) is 11.7. The molecule has 0 saturated carbocycles. The zero-order valence-electron chi connectivity index (χ0n) is 9.85.